The Kier molecular flexibility index (Phi) is 5.72. The summed E-state index contributed by atoms with van der Waals surface area (Å²) in [6.45, 7) is 7.98. The average Bonchev–Trinajstić information content (AvgIpc) is 3.21. The standard InChI is InChI=1S/C20H28N2O2S/c1-14(2)11-17(19(24)21-9-4-5-10-21)22-18(23)13-25-20(22)16-8-6-7-15(3)12-16/h6-8,12,14,17,20H,4-5,9-11,13H2,1-3H3. The first-order valence-electron chi connectivity index (χ1n) is 9.25. The normalized spacial score (nSPS) is 22.1. The highest BCUT2D eigenvalue weighted by Crippen LogP contribution is 2.41. The van der Waals surface area contributed by atoms with Gasteiger partial charge in [0.15, 0.2) is 0 Å². The number of benzene rings is 1. The molecule has 1 aromatic rings. The average molecular weight is 361 g/mol. The van der Waals surface area contributed by atoms with Crippen LogP contribution in [0, 0.1) is 12.8 Å². The Labute approximate surface area is 154 Å². The summed E-state index contributed by atoms with van der Waals surface area (Å²) in [4.78, 5) is 29.7. The van der Waals surface area contributed by atoms with E-state index >= 15 is 0 Å². The minimum atomic E-state index is -0.342. The number of hydrogen-bond acceptors (Lipinski definition) is 3. The lowest BCUT2D eigenvalue weighted by Gasteiger charge is -2.35. The largest absolute Gasteiger partial charge is 0.341 e. The molecule has 3 rings (SSSR count). The maximum absolute atomic E-state index is 13.2. The number of carbonyl (C=O) groups is 2. The van der Waals surface area contributed by atoms with E-state index in [2.05, 4.69) is 39.0 Å². The maximum atomic E-state index is 13.2. The van der Waals surface area contributed by atoms with Gasteiger partial charge in [0.05, 0.1) is 5.75 Å². The van der Waals surface area contributed by atoms with Gasteiger partial charge in [0.2, 0.25) is 11.8 Å². The van der Waals surface area contributed by atoms with Crippen LogP contribution in [-0.2, 0) is 9.59 Å². The van der Waals surface area contributed by atoms with E-state index in [1.807, 2.05) is 15.9 Å². The van der Waals surface area contributed by atoms with Gasteiger partial charge < -0.3 is 9.80 Å². The van der Waals surface area contributed by atoms with Crippen molar-refractivity contribution in [3.8, 4) is 0 Å². The number of likely N-dealkylation sites (tertiary alicyclic amines) is 1. The minimum Gasteiger partial charge on any atom is -0.341 e. The quantitative estimate of drug-likeness (QED) is 0.805. The second-order valence-electron chi connectivity index (χ2n) is 7.56. The molecule has 2 aliphatic heterocycles. The van der Waals surface area contributed by atoms with Crippen molar-refractivity contribution in [2.75, 3.05) is 18.8 Å². The molecule has 2 aliphatic rings. The van der Waals surface area contributed by atoms with Gasteiger partial charge in [-0.3, -0.25) is 9.59 Å². The summed E-state index contributed by atoms with van der Waals surface area (Å²) in [7, 11) is 0. The van der Waals surface area contributed by atoms with Crippen molar-refractivity contribution in [2.24, 2.45) is 5.92 Å². The van der Waals surface area contributed by atoms with E-state index in [9.17, 15) is 9.59 Å². The number of nitrogens with zero attached hydrogens (tertiary/aromatic N) is 2. The summed E-state index contributed by atoms with van der Waals surface area (Å²) in [5, 5.41) is -0.0531. The second-order valence-corrected chi connectivity index (χ2v) is 8.62. The molecule has 0 saturated carbocycles. The van der Waals surface area contributed by atoms with Crippen LogP contribution in [0.5, 0.6) is 0 Å². The highest BCUT2D eigenvalue weighted by Gasteiger charge is 2.42. The zero-order valence-corrected chi connectivity index (χ0v) is 16.2. The zero-order chi connectivity index (χ0) is 18.0. The van der Waals surface area contributed by atoms with Crippen LogP contribution >= 0.6 is 11.8 Å². The van der Waals surface area contributed by atoms with Crippen molar-refractivity contribution in [3.05, 3.63) is 35.4 Å². The van der Waals surface area contributed by atoms with Crippen molar-refractivity contribution in [3.63, 3.8) is 0 Å². The van der Waals surface area contributed by atoms with Crippen LogP contribution < -0.4 is 0 Å². The highest BCUT2D eigenvalue weighted by atomic mass is 32.2. The van der Waals surface area contributed by atoms with Gasteiger partial charge in [-0.15, -0.1) is 11.8 Å². The number of rotatable bonds is 5. The van der Waals surface area contributed by atoms with Crippen LogP contribution in [0.1, 0.15) is 49.6 Å². The first-order chi connectivity index (χ1) is 12.0. The third kappa shape index (κ3) is 4.02. The molecule has 2 unspecified atom stereocenters. The summed E-state index contributed by atoms with van der Waals surface area (Å²) in [5.74, 6) is 1.06. The van der Waals surface area contributed by atoms with Crippen LogP contribution in [0.15, 0.2) is 24.3 Å². The molecule has 0 radical (unpaired) electrons. The fourth-order valence-corrected chi connectivity index (χ4v) is 5.00. The fourth-order valence-electron chi connectivity index (χ4n) is 3.78. The smallest absolute Gasteiger partial charge is 0.245 e. The molecule has 25 heavy (non-hydrogen) atoms. The molecular formula is C20H28N2O2S. The summed E-state index contributed by atoms with van der Waals surface area (Å²) in [5.41, 5.74) is 2.31. The molecule has 5 heteroatoms. The van der Waals surface area contributed by atoms with E-state index in [4.69, 9.17) is 0 Å². The molecule has 1 aromatic carbocycles. The Hall–Kier alpha value is -1.49. The van der Waals surface area contributed by atoms with Gasteiger partial charge in [0, 0.05) is 13.1 Å². The number of thioether (sulfide) groups is 1. The Morgan fingerprint density at radius 3 is 2.64 bits per heavy atom. The molecule has 2 atom stereocenters. The monoisotopic (exact) mass is 360 g/mol. The van der Waals surface area contributed by atoms with Gasteiger partial charge in [-0.25, -0.2) is 0 Å². The SMILES string of the molecule is Cc1cccc(C2SCC(=O)N2C(CC(C)C)C(=O)N2CCCC2)c1. The lowest BCUT2D eigenvalue weighted by molar-refractivity contribution is -0.144. The third-order valence-corrected chi connectivity index (χ3v) is 6.19. The minimum absolute atomic E-state index is 0.0531. The number of hydrogen-bond donors (Lipinski definition) is 0. The Morgan fingerprint density at radius 2 is 2.00 bits per heavy atom. The molecule has 0 bridgehead atoms. The topological polar surface area (TPSA) is 40.6 Å². The van der Waals surface area contributed by atoms with Gasteiger partial charge in [-0.1, -0.05) is 43.7 Å². The van der Waals surface area contributed by atoms with Crippen molar-refractivity contribution >= 4 is 23.6 Å². The van der Waals surface area contributed by atoms with Gasteiger partial charge in [0.25, 0.3) is 0 Å². The molecule has 0 N–H and O–H groups in total. The summed E-state index contributed by atoms with van der Waals surface area (Å²) < 4.78 is 0. The number of aryl methyl sites for hydroxylation is 1. The molecule has 136 valence electrons. The van der Waals surface area contributed by atoms with Crippen molar-refractivity contribution in [1.82, 2.24) is 9.80 Å². The Balaban J connectivity index is 1.90. The maximum Gasteiger partial charge on any atom is 0.245 e. The zero-order valence-electron chi connectivity index (χ0n) is 15.4. The first kappa shape index (κ1) is 18.3. The van der Waals surface area contributed by atoms with E-state index in [0.29, 0.717) is 11.7 Å². The molecule has 2 fully saturated rings. The summed E-state index contributed by atoms with van der Waals surface area (Å²) in [6.07, 6.45) is 2.87. The molecule has 0 aliphatic carbocycles. The van der Waals surface area contributed by atoms with E-state index in [0.717, 1.165) is 37.9 Å². The third-order valence-electron chi connectivity index (χ3n) is 4.97. The van der Waals surface area contributed by atoms with Crippen LogP contribution in [0.4, 0.5) is 0 Å². The number of carbonyl (C=O) groups excluding carboxylic acids is 2. The molecule has 4 nitrogen and oxygen atoms in total. The summed E-state index contributed by atoms with van der Waals surface area (Å²) in [6, 6.07) is 7.97. The van der Waals surface area contributed by atoms with Gasteiger partial charge >= 0.3 is 0 Å². The first-order valence-corrected chi connectivity index (χ1v) is 10.3. The molecule has 2 saturated heterocycles. The van der Waals surface area contributed by atoms with Gasteiger partial charge in [-0.05, 0) is 37.7 Å². The number of amides is 2. The summed E-state index contributed by atoms with van der Waals surface area (Å²) >= 11 is 1.64. The van der Waals surface area contributed by atoms with Crippen molar-refractivity contribution in [2.45, 2.75) is 51.4 Å². The Bertz CT molecular complexity index is 640. The van der Waals surface area contributed by atoms with Gasteiger partial charge in [-0.2, -0.15) is 0 Å². The van der Waals surface area contributed by atoms with Crippen molar-refractivity contribution < 1.29 is 9.59 Å². The molecule has 0 aromatic heterocycles. The van der Waals surface area contributed by atoms with E-state index in [1.165, 1.54) is 5.56 Å². The lowest BCUT2D eigenvalue weighted by atomic mass is 10.00. The second kappa shape index (κ2) is 7.81. The van der Waals surface area contributed by atoms with Crippen LogP contribution in [0.3, 0.4) is 0 Å². The van der Waals surface area contributed by atoms with E-state index in [1.54, 1.807) is 11.8 Å². The van der Waals surface area contributed by atoms with Crippen LogP contribution in [0.2, 0.25) is 0 Å². The predicted octanol–water partition coefficient (Wildman–Crippen LogP) is 3.61. The molecule has 0 spiro atoms. The van der Waals surface area contributed by atoms with Crippen LogP contribution in [-0.4, -0.2) is 46.5 Å². The molecular weight excluding hydrogens is 332 g/mol. The van der Waals surface area contributed by atoms with E-state index in [-0.39, 0.29) is 23.2 Å². The van der Waals surface area contributed by atoms with Crippen molar-refractivity contribution in [1.29, 1.82) is 0 Å². The predicted molar refractivity (Wildman–Crippen MR) is 102 cm³/mol. The van der Waals surface area contributed by atoms with E-state index < -0.39 is 0 Å². The highest BCUT2D eigenvalue weighted by molar-refractivity contribution is 8.00. The van der Waals surface area contributed by atoms with Gasteiger partial charge in [0.1, 0.15) is 11.4 Å². The molecule has 2 heterocycles. The van der Waals surface area contributed by atoms with Crippen LogP contribution in [0.25, 0.3) is 0 Å². The Morgan fingerprint density at radius 1 is 1.28 bits per heavy atom. The fraction of sp³-hybridized carbons (Fsp3) is 0.600. The lowest BCUT2D eigenvalue weighted by Crippen LogP contribution is -2.50. The molecule has 2 amide bonds.